The normalized spacial score (nSPS) is 20.0. The van der Waals surface area contributed by atoms with Crippen LogP contribution in [-0.2, 0) is 10.3 Å². The number of anilines is 1. The molecule has 0 N–H and O–H groups in total. The van der Waals surface area contributed by atoms with Gasteiger partial charge in [-0.3, -0.25) is 14.5 Å². The first kappa shape index (κ1) is 20.0. The van der Waals surface area contributed by atoms with Crippen molar-refractivity contribution in [2.24, 2.45) is 0 Å². The van der Waals surface area contributed by atoms with Gasteiger partial charge in [0.05, 0.1) is 5.92 Å². The summed E-state index contributed by atoms with van der Waals surface area (Å²) < 4.78 is 0. The zero-order chi connectivity index (χ0) is 22.1. The number of ketones is 1. The van der Waals surface area contributed by atoms with Crippen LogP contribution in [0, 0.1) is 6.92 Å². The van der Waals surface area contributed by atoms with Crippen molar-refractivity contribution in [3.63, 3.8) is 0 Å². The first-order valence-electron chi connectivity index (χ1n) is 10.7. The number of nitrogens with zero attached hydrogens (tertiary/aromatic N) is 1. The fourth-order valence-electron chi connectivity index (χ4n) is 4.76. The summed E-state index contributed by atoms with van der Waals surface area (Å²) in [6.07, 6.45) is 0. The van der Waals surface area contributed by atoms with Crippen molar-refractivity contribution in [1.29, 1.82) is 0 Å². The lowest BCUT2D eigenvalue weighted by molar-refractivity contribution is -0.129. The van der Waals surface area contributed by atoms with Crippen LogP contribution in [0.15, 0.2) is 115 Å². The maximum atomic E-state index is 14.3. The van der Waals surface area contributed by atoms with Gasteiger partial charge in [0.15, 0.2) is 11.3 Å². The highest BCUT2D eigenvalue weighted by Crippen LogP contribution is 2.55. The second-order valence-corrected chi connectivity index (χ2v) is 8.18. The standard InChI is InChI=1S/C29H23NO2/c1-21-17-19-25(20-18-21)30-28(32)26(22-11-5-2-6-12-22)29(30,24-15-9-4-10-16-24)27(31)23-13-7-3-8-14-23/h2-20,26H,1H3. The summed E-state index contributed by atoms with van der Waals surface area (Å²) in [6.45, 7) is 2.01. The Morgan fingerprint density at radius 2 is 1.25 bits per heavy atom. The van der Waals surface area contributed by atoms with Crippen LogP contribution in [-0.4, -0.2) is 11.7 Å². The van der Waals surface area contributed by atoms with Crippen molar-refractivity contribution in [3.8, 4) is 0 Å². The van der Waals surface area contributed by atoms with Crippen LogP contribution in [0.5, 0.6) is 0 Å². The van der Waals surface area contributed by atoms with Gasteiger partial charge in [0, 0.05) is 11.3 Å². The van der Waals surface area contributed by atoms with Crippen molar-refractivity contribution in [2.45, 2.75) is 18.4 Å². The second kappa shape index (κ2) is 7.93. The molecule has 2 atom stereocenters. The van der Waals surface area contributed by atoms with Crippen LogP contribution < -0.4 is 4.90 Å². The first-order chi connectivity index (χ1) is 15.6. The molecular formula is C29H23NO2. The van der Waals surface area contributed by atoms with Gasteiger partial charge in [-0.05, 0) is 30.2 Å². The number of β-lactam (4-membered cyclic amide) rings is 1. The number of Topliss-reactive ketones (excluding diaryl/α,β-unsaturated/α-hetero) is 1. The average molecular weight is 418 g/mol. The summed E-state index contributed by atoms with van der Waals surface area (Å²) in [5, 5.41) is 0. The average Bonchev–Trinajstić information content (AvgIpc) is 2.85. The van der Waals surface area contributed by atoms with E-state index < -0.39 is 11.5 Å². The quantitative estimate of drug-likeness (QED) is 0.299. The lowest BCUT2D eigenvalue weighted by Crippen LogP contribution is -2.71. The number of aryl methyl sites for hydroxylation is 1. The SMILES string of the molecule is Cc1ccc(N2C(=O)C(c3ccccc3)C2(C(=O)c2ccccc2)c2ccccc2)cc1. The molecule has 1 aliphatic heterocycles. The third-order valence-corrected chi connectivity index (χ3v) is 6.26. The van der Waals surface area contributed by atoms with Crippen LogP contribution in [0.1, 0.15) is 33.0 Å². The largest absolute Gasteiger partial charge is 0.293 e. The Morgan fingerprint density at radius 3 is 1.84 bits per heavy atom. The summed E-state index contributed by atoms with van der Waals surface area (Å²) in [7, 11) is 0. The minimum absolute atomic E-state index is 0.0758. The Kier molecular flexibility index (Phi) is 4.95. The van der Waals surface area contributed by atoms with E-state index in [0.29, 0.717) is 5.56 Å². The molecule has 0 saturated carbocycles. The molecule has 156 valence electrons. The molecule has 1 amide bonds. The van der Waals surface area contributed by atoms with Crippen LogP contribution >= 0.6 is 0 Å². The van der Waals surface area contributed by atoms with Gasteiger partial charge in [-0.25, -0.2) is 0 Å². The van der Waals surface area contributed by atoms with Gasteiger partial charge in [0.2, 0.25) is 5.91 Å². The molecule has 4 aromatic carbocycles. The molecule has 0 bridgehead atoms. The molecule has 32 heavy (non-hydrogen) atoms. The Balaban J connectivity index is 1.79. The maximum absolute atomic E-state index is 14.3. The molecule has 1 saturated heterocycles. The van der Waals surface area contributed by atoms with E-state index in [1.165, 1.54) is 0 Å². The van der Waals surface area contributed by atoms with Gasteiger partial charge in [-0.15, -0.1) is 0 Å². The van der Waals surface area contributed by atoms with Gasteiger partial charge in [-0.1, -0.05) is 109 Å². The molecule has 0 aliphatic carbocycles. The van der Waals surface area contributed by atoms with E-state index in [9.17, 15) is 9.59 Å². The number of amides is 1. The smallest absolute Gasteiger partial charge is 0.239 e. The van der Waals surface area contributed by atoms with Crippen LogP contribution in [0.3, 0.4) is 0 Å². The summed E-state index contributed by atoms with van der Waals surface area (Å²) in [5.74, 6) is -0.772. The lowest BCUT2D eigenvalue weighted by Gasteiger charge is -2.57. The lowest BCUT2D eigenvalue weighted by atomic mass is 9.62. The highest BCUT2D eigenvalue weighted by Gasteiger charge is 2.66. The minimum atomic E-state index is -1.17. The predicted octanol–water partition coefficient (Wildman–Crippen LogP) is 5.90. The van der Waals surface area contributed by atoms with Gasteiger partial charge >= 0.3 is 0 Å². The predicted molar refractivity (Wildman–Crippen MR) is 127 cm³/mol. The molecule has 0 aromatic heterocycles. The van der Waals surface area contributed by atoms with Gasteiger partial charge in [0.25, 0.3) is 0 Å². The summed E-state index contributed by atoms with van der Waals surface area (Å²) >= 11 is 0. The van der Waals surface area contributed by atoms with E-state index in [-0.39, 0.29) is 11.7 Å². The Hall–Kier alpha value is -3.98. The molecule has 1 heterocycles. The number of carbonyl (C=O) groups is 2. The molecule has 4 aromatic rings. The zero-order valence-corrected chi connectivity index (χ0v) is 17.8. The fraction of sp³-hybridized carbons (Fsp3) is 0.103. The number of carbonyl (C=O) groups excluding carboxylic acids is 2. The third-order valence-electron chi connectivity index (χ3n) is 6.26. The Morgan fingerprint density at radius 1 is 0.719 bits per heavy atom. The highest BCUT2D eigenvalue weighted by molar-refractivity contribution is 6.22. The molecule has 1 aliphatic rings. The van der Waals surface area contributed by atoms with E-state index in [4.69, 9.17) is 0 Å². The molecule has 3 heteroatoms. The van der Waals surface area contributed by atoms with Gasteiger partial charge in [0.1, 0.15) is 0 Å². The highest BCUT2D eigenvalue weighted by atomic mass is 16.2. The molecule has 0 radical (unpaired) electrons. The topological polar surface area (TPSA) is 37.4 Å². The Bertz CT molecular complexity index is 1250. The molecule has 0 spiro atoms. The first-order valence-corrected chi connectivity index (χ1v) is 10.7. The summed E-state index contributed by atoms with van der Waals surface area (Å²) in [5.41, 5.74) is 2.89. The number of benzene rings is 4. The van der Waals surface area contributed by atoms with Gasteiger partial charge < -0.3 is 0 Å². The van der Waals surface area contributed by atoms with Crippen molar-refractivity contribution in [3.05, 3.63) is 138 Å². The van der Waals surface area contributed by atoms with Crippen molar-refractivity contribution >= 4 is 17.4 Å². The fourth-order valence-corrected chi connectivity index (χ4v) is 4.76. The van der Waals surface area contributed by atoms with Crippen LogP contribution in [0.2, 0.25) is 0 Å². The molecule has 3 nitrogen and oxygen atoms in total. The van der Waals surface area contributed by atoms with E-state index >= 15 is 0 Å². The summed E-state index contributed by atoms with van der Waals surface area (Å²) in [4.78, 5) is 29.8. The van der Waals surface area contributed by atoms with E-state index in [1.807, 2.05) is 122 Å². The van der Waals surface area contributed by atoms with E-state index in [1.54, 1.807) is 4.90 Å². The molecule has 2 unspecified atom stereocenters. The van der Waals surface area contributed by atoms with Crippen LogP contribution in [0.4, 0.5) is 5.69 Å². The van der Waals surface area contributed by atoms with Gasteiger partial charge in [-0.2, -0.15) is 0 Å². The number of rotatable bonds is 5. The number of hydrogen-bond donors (Lipinski definition) is 0. The van der Waals surface area contributed by atoms with Crippen molar-refractivity contribution in [1.82, 2.24) is 0 Å². The van der Waals surface area contributed by atoms with E-state index in [0.717, 1.165) is 22.4 Å². The maximum Gasteiger partial charge on any atom is 0.239 e. The zero-order valence-electron chi connectivity index (χ0n) is 17.8. The van der Waals surface area contributed by atoms with Crippen molar-refractivity contribution < 1.29 is 9.59 Å². The monoisotopic (exact) mass is 417 g/mol. The Labute approximate surface area is 188 Å². The minimum Gasteiger partial charge on any atom is -0.293 e. The number of hydrogen-bond acceptors (Lipinski definition) is 2. The van der Waals surface area contributed by atoms with E-state index in [2.05, 4.69) is 0 Å². The summed E-state index contributed by atoms with van der Waals surface area (Å²) in [6, 6.07) is 36.4. The second-order valence-electron chi connectivity index (χ2n) is 8.18. The molecular weight excluding hydrogens is 394 g/mol. The van der Waals surface area contributed by atoms with Crippen LogP contribution in [0.25, 0.3) is 0 Å². The van der Waals surface area contributed by atoms with Crippen molar-refractivity contribution in [2.75, 3.05) is 4.90 Å². The third kappa shape index (κ3) is 2.97. The molecule has 5 rings (SSSR count). The molecule has 1 fully saturated rings.